The van der Waals surface area contributed by atoms with E-state index >= 15 is 0 Å². The molecule has 0 saturated carbocycles. The monoisotopic (exact) mass is 389 g/mol. The fourth-order valence-electron chi connectivity index (χ4n) is 4.15. The van der Waals surface area contributed by atoms with Crippen molar-refractivity contribution in [2.45, 2.75) is 38.9 Å². The lowest BCUT2D eigenvalue weighted by Crippen LogP contribution is -2.32. The maximum absolute atomic E-state index is 6.18. The second kappa shape index (κ2) is 6.97. The van der Waals surface area contributed by atoms with Crippen molar-refractivity contribution in [1.29, 1.82) is 0 Å². The highest BCUT2D eigenvalue weighted by Gasteiger charge is 2.27. The lowest BCUT2D eigenvalue weighted by molar-refractivity contribution is 0.189. The molecule has 0 spiro atoms. The van der Waals surface area contributed by atoms with Crippen molar-refractivity contribution < 1.29 is 4.74 Å². The predicted octanol–water partition coefficient (Wildman–Crippen LogP) is 2.60. The number of fused-ring (bicyclic) bond motifs is 4. The standard InChI is InChI=1S/C21H23N7O/c1-3-14(27-11-13-6-5-9-23-16(13)12-27)10-18-24-20-15-7-4-8-17(29-2)19(15)25-21(22)28(20)26-18/h4-9,14H,3,10-12H2,1-2H3,(H2,22,25)/t14-/m0/s1. The van der Waals surface area contributed by atoms with Crippen molar-refractivity contribution in [3.05, 3.63) is 53.6 Å². The van der Waals surface area contributed by atoms with Crippen LogP contribution >= 0.6 is 0 Å². The zero-order valence-corrected chi connectivity index (χ0v) is 16.5. The molecule has 1 aromatic carbocycles. The van der Waals surface area contributed by atoms with Gasteiger partial charge in [-0.1, -0.05) is 19.1 Å². The van der Waals surface area contributed by atoms with Gasteiger partial charge >= 0.3 is 0 Å². The molecule has 0 unspecified atom stereocenters. The maximum atomic E-state index is 6.18. The highest BCUT2D eigenvalue weighted by molar-refractivity contribution is 5.95. The molecule has 3 aromatic heterocycles. The Kier molecular flexibility index (Phi) is 4.28. The Hall–Kier alpha value is -3.26. The number of aromatic nitrogens is 5. The van der Waals surface area contributed by atoms with Crippen LogP contribution in [0.25, 0.3) is 16.6 Å². The number of hydrogen-bond donors (Lipinski definition) is 1. The molecule has 0 bridgehead atoms. The van der Waals surface area contributed by atoms with Crippen molar-refractivity contribution in [2.24, 2.45) is 0 Å². The maximum Gasteiger partial charge on any atom is 0.223 e. The minimum absolute atomic E-state index is 0.307. The molecule has 5 rings (SSSR count). The van der Waals surface area contributed by atoms with E-state index in [-0.39, 0.29) is 0 Å². The van der Waals surface area contributed by atoms with Crippen LogP contribution < -0.4 is 10.5 Å². The third-order valence-electron chi connectivity index (χ3n) is 5.67. The number of nitrogens with zero attached hydrogens (tertiary/aromatic N) is 6. The summed E-state index contributed by atoms with van der Waals surface area (Å²) in [6, 6.07) is 10.3. The molecule has 0 amide bonds. The fraction of sp³-hybridized carbons (Fsp3) is 0.333. The van der Waals surface area contributed by atoms with E-state index in [4.69, 9.17) is 15.5 Å². The molecule has 0 fully saturated rings. The number of methoxy groups -OCH3 is 1. The highest BCUT2D eigenvalue weighted by Crippen LogP contribution is 2.28. The summed E-state index contributed by atoms with van der Waals surface area (Å²) in [5, 5.41) is 5.54. The molecule has 0 radical (unpaired) electrons. The summed E-state index contributed by atoms with van der Waals surface area (Å²) in [4.78, 5) is 16.3. The molecule has 4 aromatic rings. The Morgan fingerprint density at radius 3 is 2.86 bits per heavy atom. The van der Waals surface area contributed by atoms with Gasteiger partial charge in [0, 0.05) is 37.1 Å². The average molecular weight is 389 g/mol. The fourth-order valence-corrected chi connectivity index (χ4v) is 4.15. The smallest absolute Gasteiger partial charge is 0.223 e. The van der Waals surface area contributed by atoms with Gasteiger partial charge in [0.2, 0.25) is 5.95 Å². The van der Waals surface area contributed by atoms with Gasteiger partial charge in [-0.15, -0.1) is 5.10 Å². The van der Waals surface area contributed by atoms with Gasteiger partial charge in [0.25, 0.3) is 0 Å². The number of anilines is 1. The molecule has 8 nitrogen and oxygen atoms in total. The lowest BCUT2D eigenvalue weighted by Gasteiger charge is -2.25. The van der Waals surface area contributed by atoms with Crippen molar-refractivity contribution in [3.63, 3.8) is 0 Å². The van der Waals surface area contributed by atoms with Crippen LogP contribution in [0.5, 0.6) is 5.75 Å². The molecular formula is C21H23N7O. The number of rotatable bonds is 5. The Balaban J connectivity index is 1.49. The summed E-state index contributed by atoms with van der Waals surface area (Å²) in [6.45, 7) is 3.98. The largest absolute Gasteiger partial charge is 0.494 e. The van der Waals surface area contributed by atoms with E-state index in [2.05, 4.69) is 33.0 Å². The van der Waals surface area contributed by atoms with E-state index in [1.807, 2.05) is 30.5 Å². The number of benzene rings is 1. The molecule has 29 heavy (non-hydrogen) atoms. The third-order valence-corrected chi connectivity index (χ3v) is 5.67. The molecule has 2 N–H and O–H groups in total. The van der Waals surface area contributed by atoms with E-state index in [1.165, 1.54) is 11.3 Å². The van der Waals surface area contributed by atoms with Crippen LogP contribution in [0.2, 0.25) is 0 Å². The van der Waals surface area contributed by atoms with E-state index in [0.717, 1.165) is 37.1 Å². The summed E-state index contributed by atoms with van der Waals surface area (Å²) in [6.07, 6.45) is 3.62. The van der Waals surface area contributed by atoms with Gasteiger partial charge in [-0.2, -0.15) is 4.52 Å². The normalized spacial score (nSPS) is 15.1. The zero-order valence-electron chi connectivity index (χ0n) is 16.5. The second-order valence-electron chi connectivity index (χ2n) is 7.37. The van der Waals surface area contributed by atoms with Crippen molar-refractivity contribution in [1.82, 2.24) is 29.5 Å². The summed E-state index contributed by atoms with van der Waals surface area (Å²) < 4.78 is 7.06. The number of para-hydroxylation sites is 1. The third kappa shape index (κ3) is 2.96. The number of pyridine rings is 1. The van der Waals surface area contributed by atoms with Crippen molar-refractivity contribution in [2.75, 3.05) is 12.8 Å². The van der Waals surface area contributed by atoms with Crippen molar-refractivity contribution >= 4 is 22.5 Å². The SMILES string of the molecule is CC[C@@H](Cc1nc2c3cccc(OC)c3nc(N)n2n1)N1Cc2cccnc2C1. The van der Waals surface area contributed by atoms with Gasteiger partial charge in [-0.3, -0.25) is 9.88 Å². The quantitative estimate of drug-likeness (QED) is 0.561. The van der Waals surface area contributed by atoms with E-state index in [1.54, 1.807) is 11.6 Å². The molecule has 0 aliphatic carbocycles. The molecule has 1 atom stereocenters. The van der Waals surface area contributed by atoms with Crippen molar-refractivity contribution in [3.8, 4) is 5.75 Å². The molecule has 4 heterocycles. The first-order valence-corrected chi connectivity index (χ1v) is 9.82. The molecule has 8 heteroatoms. The minimum Gasteiger partial charge on any atom is -0.494 e. The Morgan fingerprint density at radius 1 is 1.17 bits per heavy atom. The molecular weight excluding hydrogens is 366 g/mol. The molecule has 1 aliphatic rings. The van der Waals surface area contributed by atoms with Gasteiger partial charge in [0.15, 0.2) is 11.5 Å². The number of nitrogen functional groups attached to an aromatic ring is 1. The number of hydrogen-bond acceptors (Lipinski definition) is 7. The van der Waals surface area contributed by atoms with Crippen LogP contribution in [0.4, 0.5) is 5.95 Å². The minimum atomic E-state index is 0.307. The van der Waals surface area contributed by atoms with Crippen LogP contribution in [0.3, 0.4) is 0 Å². The topological polar surface area (TPSA) is 94.5 Å². The summed E-state index contributed by atoms with van der Waals surface area (Å²) in [5.41, 5.74) is 10.1. The van der Waals surface area contributed by atoms with Gasteiger partial charge in [-0.25, -0.2) is 9.97 Å². The van der Waals surface area contributed by atoms with Crippen LogP contribution in [0.1, 0.15) is 30.4 Å². The Bertz CT molecular complexity index is 1180. The van der Waals surface area contributed by atoms with Crippen LogP contribution in [-0.2, 0) is 19.5 Å². The number of nitrogens with two attached hydrogens (primary N) is 1. The first-order valence-electron chi connectivity index (χ1n) is 9.82. The molecule has 0 saturated heterocycles. The highest BCUT2D eigenvalue weighted by atomic mass is 16.5. The van der Waals surface area contributed by atoms with Gasteiger partial charge in [0.1, 0.15) is 11.3 Å². The predicted molar refractivity (Wildman–Crippen MR) is 111 cm³/mol. The van der Waals surface area contributed by atoms with Crippen LogP contribution in [0.15, 0.2) is 36.5 Å². The summed E-state index contributed by atoms with van der Waals surface area (Å²) >= 11 is 0. The second-order valence-corrected chi connectivity index (χ2v) is 7.37. The van der Waals surface area contributed by atoms with E-state index in [0.29, 0.717) is 28.9 Å². The first kappa shape index (κ1) is 17.8. The lowest BCUT2D eigenvalue weighted by atomic mass is 10.1. The van der Waals surface area contributed by atoms with Crippen LogP contribution in [0, 0.1) is 0 Å². The molecule has 1 aliphatic heterocycles. The Labute approximate surface area is 168 Å². The van der Waals surface area contributed by atoms with E-state index < -0.39 is 0 Å². The van der Waals surface area contributed by atoms with Gasteiger partial charge in [0.05, 0.1) is 12.8 Å². The summed E-state index contributed by atoms with van der Waals surface area (Å²) in [7, 11) is 1.63. The van der Waals surface area contributed by atoms with Gasteiger partial charge in [-0.05, 0) is 30.2 Å². The first-order chi connectivity index (χ1) is 14.2. The number of ether oxygens (including phenoxy) is 1. The molecule has 148 valence electrons. The van der Waals surface area contributed by atoms with E-state index in [9.17, 15) is 0 Å². The zero-order chi connectivity index (χ0) is 20.0. The summed E-state index contributed by atoms with van der Waals surface area (Å²) in [5.74, 6) is 1.75. The van der Waals surface area contributed by atoms with Crippen LogP contribution in [-0.4, -0.2) is 42.6 Å². The Morgan fingerprint density at radius 2 is 2.07 bits per heavy atom. The average Bonchev–Trinajstić information content (AvgIpc) is 3.36. The van der Waals surface area contributed by atoms with Gasteiger partial charge < -0.3 is 10.5 Å².